The van der Waals surface area contributed by atoms with Gasteiger partial charge in [-0.15, -0.1) is 6.67 Å². The van der Waals surface area contributed by atoms with Gasteiger partial charge < -0.3 is 9.80 Å². The van der Waals surface area contributed by atoms with E-state index >= 15 is 0 Å². The van der Waals surface area contributed by atoms with E-state index in [9.17, 15) is 0 Å². The summed E-state index contributed by atoms with van der Waals surface area (Å²) in [6.45, 7) is 36.1. The van der Waals surface area contributed by atoms with Gasteiger partial charge in [0, 0.05) is 11.4 Å². The van der Waals surface area contributed by atoms with Crippen LogP contribution in [0.15, 0.2) is 57.7 Å². The van der Waals surface area contributed by atoms with Gasteiger partial charge in [0.1, 0.15) is 10.9 Å². The molecule has 3 heterocycles. The predicted octanol–water partition coefficient (Wildman–Crippen LogP) is 11.0. The van der Waals surface area contributed by atoms with Crippen LogP contribution in [0.5, 0.6) is 0 Å². The molecule has 38 heavy (non-hydrogen) atoms. The van der Waals surface area contributed by atoms with Crippen molar-refractivity contribution < 1.29 is 13.1 Å². The van der Waals surface area contributed by atoms with E-state index in [0.29, 0.717) is 22.6 Å². The van der Waals surface area contributed by atoms with E-state index < -0.39 is 15.8 Å². The second-order valence-corrected chi connectivity index (χ2v) is 23.3. The van der Waals surface area contributed by atoms with Gasteiger partial charge in [0.05, 0.1) is 38.5 Å². The molecule has 0 unspecified atom stereocenters. The van der Waals surface area contributed by atoms with Crippen molar-refractivity contribution in [2.75, 3.05) is 0 Å². The second-order valence-electron chi connectivity index (χ2n) is 14.0. The Morgan fingerprint density at radius 2 is 0.868 bits per heavy atom. The molecule has 3 aliphatic rings. The fraction of sp³-hybridized carbons (Fsp3) is 0.645. The van der Waals surface area contributed by atoms with Crippen molar-refractivity contribution in [2.24, 2.45) is 10.8 Å². The Balaban J connectivity index is 0.00000161. The molecular formula is C31H53Cl2FeN2P2+2. The standard InChI is InChI=1S/C31H51N2P2.2ClH.Fe/c1-20(2)34(21(3)4)28-17-24(30(9,10)11)15-26-27-16-25(31(12,13)14)18-29(33(27)19-32(26)28)35(22(5)6)23(7)8;;;/h15-23H,1-14H3;2*1H;/q-1;;;+3. The van der Waals surface area contributed by atoms with Crippen molar-refractivity contribution in [3.05, 3.63) is 64.4 Å². The first-order chi connectivity index (χ1) is 17.4. The molecule has 0 N–H and O–H groups in total. The number of hydrogen-bond acceptors (Lipinski definition) is 2. The number of nitrogens with zero attached hydrogens (tertiary/aromatic N) is 2. The van der Waals surface area contributed by atoms with Crippen molar-refractivity contribution in [2.45, 2.75) is 120 Å². The SMILES string of the molecule is CC(C)[PH+](C1=CC(C(C)(C)C)=CC2=C3C=C(C(C)(C)C)C=C([PH+](C(C)C)C(C)C)N3[CH-]N12)C(C)C.[Cl][Fe+][Cl]. The molecule has 217 valence electrons. The summed E-state index contributed by atoms with van der Waals surface area (Å²) in [5, 5.41) is 0. The minimum absolute atomic E-state index is 0.119. The van der Waals surface area contributed by atoms with Crippen LogP contribution in [-0.2, 0) is 13.1 Å². The van der Waals surface area contributed by atoms with Gasteiger partial charge in [0.25, 0.3) is 0 Å². The Kier molecular flexibility index (Phi) is 12.2. The summed E-state index contributed by atoms with van der Waals surface area (Å²) in [5.41, 5.74) is 11.8. The summed E-state index contributed by atoms with van der Waals surface area (Å²) < 4.78 is 0. The zero-order valence-electron chi connectivity index (χ0n) is 26.2. The van der Waals surface area contributed by atoms with Gasteiger partial charge in [-0.05, 0) is 102 Å². The monoisotopic (exact) mass is 641 g/mol. The molecule has 3 aliphatic heterocycles. The second kappa shape index (κ2) is 13.5. The summed E-state index contributed by atoms with van der Waals surface area (Å²) in [6.07, 6.45) is 10.1. The number of allylic oxidation sites excluding steroid dienone is 6. The number of hydrogen-bond donors (Lipinski definition) is 0. The van der Waals surface area contributed by atoms with E-state index in [1.807, 2.05) is 0 Å². The van der Waals surface area contributed by atoms with Gasteiger partial charge in [-0.1, -0.05) is 41.5 Å². The predicted molar refractivity (Wildman–Crippen MR) is 175 cm³/mol. The van der Waals surface area contributed by atoms with Crippen molar-refractivity contribution >= 4 is 36.0 Å². The van der Waals surface area contributed by atoms with Crippen LogP contribution in [0.1, 0.15) is 96.9 Å². The molecule has 0 spiro atoms. The topological polar surface area (TPSA) is 6.48 Å². The molecule has 0 bridgehead atoms. The van der Waals surface area contributed by atoms with E-state index in [1.54, 1.807) is 10.9 Å². The van der Waals surface area contributed by atoms with E-state index in [2.05, 4.69) is 138 Å². The third-order valence-electron chi connectivity index (χ3n) is 7.51. The summed E-state index contributed by atoms with van der Waals surface area (Å²) in [4.78, 5) is 5.18. The average Bonchev–Trinajstić information content (AvgIpc) is 3.11. The Morgan fingerprint density at radius 1 is 0.605 bits per heavy atom. The van der Waals surface area contributed by atoms with Crippen LogP contribution in [0.25, 0.3) is 0 Å². The molecular weight excluding hydrogens is 589 g/mol. The Hall–Kier alpha value is 0.259. The van der Waals surface area contributed by atoms with Crippen LogP contribution in [0.2, 0.25) is 0 Å². The summed E-state index contributed by atoms with van der Waals surface area (Å²) in [6, 6.07) is 0. The summed E-state index contributed by atoms with van der Waals surface area (Å²) in [7, 11) is 8.02. The van der Waals surface area contributed by atoms with Crippen LogP contribution in [0.3, 0.4) is 0 Å². The Labute approximate surface area is 252 Å². The maximum absolute atomic E-state index is 4.76. The molecule has 0 radical (unpaired) electrons. The van der Waals surface area contributed by atoms with E-state index in [-0.39, 0.29) is 24.0 Å². The van der Waals surface area contributed by atoms with Gasteiger partial charge in [-0.25, -0.2) is 0 Å². The van der Waals surface area contributed by atoms with Crippen LogP contribution >= 0.6 is 36.0 Å². The van der Waals surface area contributed by atoms with E-state index in [1.165, 1.54) is 22.5 Å². The molecule has 0 aromatic heterocycles. The van der Waals surface area contributed by atoms with Gasteiger partial charge in [0.2, 0.25) is 0 Å². The number of rotatable bonds is 6. The van der Waals surface area contributed by atoms with E-state index in [4.69, 9.17) is 20.2 Å². The van der Waals surface area contributed by atoms with Gasteiger partial charge in [-0.3, -0.25) is 0 Å². The van der Waals surface area contributed by atoms with Gasteiger partial charge in [0.15, 0.2) is 0 Å². The Bertz CT molecular complexity index is 914. The van der Waals surface area contributed by atoms with Gasteiger partial charge in [-0.2, -0.15) is 0 Å². The number of halogens is 2. The summed E-state index contributed by atoms with van der Waals surface area (Å²) >= 11 is 0.194. The van der Waals surface area contributed by atoms with Crippen LogP contribution in [-0.4, -0.2) is 32.4 Å². The quantitative estimate of drug-likeness (QED) is 0.162. The zero-order valence-corrected chi connectivity index (χ0v) is 30.8. The molecule has 0 saturated heterocycles. The molecule has 0 fully saturated rings. The van der Waals surface area contributed by atoms with Crippen LogP contribution < -0.4 is 0 Å². The third-order valence-corrected chi connectivity index (χ3v) is 14.4. The first kappa shape index (κ1) is 34.5. The molecule has 0 atom stereocenters. The molecule has 0 amide bonds. The molecule has 0 aromatic rings. The van der Waals surface area contributed by atoms with Crippen molar-refractivity contribution in [1.82, 2.24) is 9.80 Å². The number of fused-ring (bicyclic) bond motifs is 2. The first-order valence-corrected chi connectivity index (χ1v) is 20.4. The average molecular weight is 642 g/mol. The Morgan fingerprint density at radius 3 is 1.08 bits per heavy atom. The molecule has 0 aromatic carbocycles. The maximum atomic E-state index is 4.76. The molecule has 7 heteroatoms. The fourth-order valence-electron chi connectivity index (χ4n) is 5.80. The van der Waals surface area contributed by atoms with Crippen LogP contribution in [0, 0.1) is 17.5 Å². The third kappa shape index (κ3) is 7.75. The molecule has 3 rings (SSSR count). The molecule has 0 saturated carbocycles. The van der Waals surface area contributed by atoms with E-state index in [0.717, 1.165) is 0 Å². The fourth-order valence-corrected chi connectivity index (χ4v) is 12.4. The first-order valence-electron chi connectivity index (χ1n) is 14.0. The molecule has 0 aliphatic carbocycles. The normalized spacial score (nSPS) is 18.3. The minimum atomic E-state index is -0.755. The van der Waals surface area contributed by atoms with Crippen molar-refractivity contribution in [3.63, 3.8) is 0 Å². The zero-order chi connectivity index (χ0) is 29.3. The molecule has 2 nitrogen and oxygen atoms in total. The van der Waals surface area contributed by atoms with Crippen LogP contribution in [0.4, 0.5) is 0 Å². The van der Waals surface area contributed by atoms with Crippen molar-refractivity contribution in [1.29, 1.82) is 0 Å². The van der Waals surface area contributed by atoms with Gasteiger partial charge >= 0.3 is 33.3 Å². The summed E-state index contributed by atoms with van der Waals surface area (Å²) in [5.74, 6) is 0. The van der Waals surface area contributed by atoms with Crippen molar-refractivity contribution in [3.8, 4) is 0 Å².